The minimum atomic E-state index is 0.0969. The second-order valence-corrected chi connectivity index (χ2v) is 7.33. The number of aliphatic hydroxyl groups excluding tert-OH is 1. The number of rotatable bonds is 5. The molecule has 0 saturated heterocycles. The molecule has 122 valence electrons. The summed E-state index contributed by atoms with van der Waals surface area (Å²) in [6.45, 7) is 13.6. The molecule has 0 spiro atoms. The fraction of sp³-hybridized carbons (Fsp3) is 0.524. The first kappa shape index (κ1) is 18.7. The Morgan fingerprint density at radius 1 is 1.23 bits per heavy atom. The number of hydrogen-bond donors (Lipinski definition) is 1. The molecule has 22 heavy (non-hydrogen) atoms. The molecule has 1 rings (SSSR count). The van der Waals surface area contributed by atoms with Gasteiger partial charge in [-0.25, -0.2) is 0 Å². The largest absolute Gasteiger partial charge is 0.392 e. The van der Waals surface area contributed by atoms with Crippen molar-refractivity contribution >= 4 is 0 Å². The van der Waals surface area contributed by atoms with E-state index in [2.05, 4.69) is 52.8 Å². The van der Waals surface area contributed by atoms with E-state index in [-0.39, 0.29) is 12.0 Å². The molecule has 1 heteroatoms. The van der Waals surface area contributed by atoms with Crippen molar-refractivity contribution in [2.75, 3.05) is 6.61 Å². The maximum atomic E-state index is 8.82. The highest BCUT2D eigenvalue weighted by Crippen LogP contribution is 2.43. The molecule has 1 aliphatic rings. The average molecular weight is 300 g/mol. The lowest BCUT2D eigenvalue weighted by Crippen LogP contribution is -2.23. The second kappa shape index (κ2) is 8.33. The molecule has 0 aromatic heterocycles. The third kappa shape index (κ3) is 5.81. The van der Waals surface area contributed by atoms with Gasteiger partial charge in [0.1, 0.15) is 0 Å². The highest BCUT2D eigenvalue weighted by molar-refractivity contribution is 5.37. The standard InChI is InChI=1S/C21H32O/c1-16(8-7-9-17(2)12-13-22)10-11-20-19(4)14-18(3)15-21(20,5)6/h7-12,18,22H,13-15H2,1-6H3/b9-7+,11-10+,16-8+,17-12+/t18-/m1/s1. The number of allylic oxidation sites excluding steroid dienone is 9. The molecule has 0 amide bonds. The van der Waals surface area contributed by atoms with Gasteiger partial charge in [-0.1, -0.05) is 73.9 Å². The van der Waals surface area contributed by atoms with Crippen molar-refractivity contribution in [3.63, 3.8) is 0 Å². The smallest absolute Gasteiger partial charge is 0.0617 e. The van der Waals surface area contributed by atoms with Crippen molar-refractivity contribution in [3.8, 4) is 0 Å². The van der Waals surface area contributed by atoms with Crippen molar-refractivity contribution < 1.29 is 5.11 Å². The van der Waals surface area contributed by atoms with Gasteiger partial charge in [-0.05, 0) is 50.5 Å². The minimum Gasteiger partial charge on any atom is -0.392 e. The van der Waals surface area contributed by atoms with E-state index >= 15 is 0 Å². The van der Waals surface area contributed by atoms with Gasteiger partial charge in [0, 0.05) is 0 Å². The first-order valence-corrected chi connectivity index (χ1v) is 8.27. The van der Waals surface area contributed by atoms with Crippen LogP contribution in [0.15, 0.2) is 58.7 Å². The van der Waals surface area contributed by atoms with E-state index < -0.39 is 0 Å². The SMILES string of the molecule is CC1=C(/C=C/C(C)=C/C=C/C(C)=C/CO)C(C)(C)C[C@H](C)C1. The first-order valence-electron chi connectivity index (χ1n) is 8.27. The molecule has 0 aromatic carbocycles. The molecule has 0 aromatic rings. The zero-order chi connectivity index (χ0) is 16.8. The summed E-state index contributed by atoms with van der Waals surface area (Å²) in [4.78, 5) is 0. The monoisotopic (exact) mass is 300 g/mol. The maximum absolute atomic E-state index is 8.82. The van der Waals surface area contributed by atoms with E-state index in [0.717, 1.165) is 11.5 Å². The molecule has 0 radical (unpaired) electrons. The van der Waals surface area contributed by atoms with Crippen LogP contribution in [0.4, 0.5) is 0 Å². The Morgan fingerprint density at radius 2 is 1.91 bits per heavy atom. The topological polar surface area (TPSA) is 20.2 Å². The Morgan fingerprint density at radius 3 is 2.50 bits per heavy atom. The first-order chi connectivity index (χ1) is 10.3. The molecule has 1 atom stereocenters. The van der Waals surface area contributed by atoms with Crippen LogP contribution in [0, 0.1) is 11.3 Å². The maximum Gasteiger partial charge on any atom is 0.0617 e. The zero-order valence-electron chi connectivity index (χ0n) is 15.1. The van der Waals surface area contributed by atoms with E-state index in [9.17, 15) is 0 Å². The minimum absolute atomic E-state index is 0.0969. The van der Waals surface area contributed by atoms with Crippen LogP contribution in [-0.2, 0) is 0 Å². The van der Waals surface area contributed by atoms with Gasteiger partial charge in [-0.15, -0.1) is 0 Å². The van der Waals surface area contributed by atoms with Crippen LogP contribution in [0.3, 0.4) is 0 Å². The lowest BCUT2D eigenvalue weighted by Gasteiger charge is -2.36. The molecule has 0 heterocycles. The highest BCUT2D eigenvalue weighted by atomic mass is 16.2. The van der Waals surface area contributed by atoms with Crippen LogP contribution < -0.4 is 0 Å². The van der Waals surface area contributed by atoms with Gasteiger partial charge in [-0.3, -0.25) is 0 Å². The Hall–Kier alpha value is -1.34. The van der Waals surface area contributed by atoms with Gasteiger partial charge in [0.05, 0.1) is 6.61 Å². The number of hydrogen-bond acceptors (Lipinski definition) is 1. The molecule has 0 unspecified atom stereocenters. The predicted molar refractivity (Wildman–Crippen MR) is 97.8 cm³/mol. The van der Waals surface area contributed by atoms with Gasteiger partial charge < -0.3 is 5.11 Å². The summed E-state index contributed by atoms with van der Waals surface area (Å²) in [5.74, 6) is 0.785. The lowest BCUT2D eigenvalue weighted by molar-refractivity contribution is 0.307. The summed E-state index contributed by atoms with van der Waals surface area (Å²) in [6, 6.07) is 0. The van der Waals surface area contributed by atoms with E-state index in [4.69, 9.17) is 5.11 Å². The summed E-state index contributed by atoms with van der Waals surface area (Å²) in [6.07, 6.45) is 15.0. The number of aliphatic hydroxyl groups is 1. The van der Waals surface area contributed by atoms with E-state index in [1.54, 1.807) is 6.08 Å². The summed E-state index contributed by atoms with van der Waals surface area (Å²) >= 11 is 0. The van der Waals surface area contributed by atoms with Crippen molar-refractivity contribution in [3.05, 3.63) is 58.7 Å². The van der Waals surface area contributed by atoms with E-state index in [1.165, 1.54) is 29.6 Å². The fourth-order valence-corrected chi connectivity index (χ4v) is 3.47. The molecule has 0 bridgehead atoms. The Balaban J connectivity index is 2.82. The summed E-state index contributed by atoms with van der Waals surface area (Å²) in [5, 5.41) is 8.82. The van der Waals surface area contributed by atoms with E-state index in [0.29, 0.717) is 0 Å². The van der Waals surface area contributed by atoms with Crippen molar-refractivity contribution in [1.82, 2.24) is 0 Å². The van der Waals surface area contributed by atoms with Gasteiger partial charge in [0.25, 0.3) is 0 Å². The van der Waals surface area contributed by atoms with Gasteiger partial charge in [0.15, 0.2) is 0 Å². The lowest BCUT2D eigenvalue weighted by atomic mass is 9.69. The molecular formula is C21H32O. The molecule has 0 fully saturated rings. The van der Waals surface area contributed by atoms with Crippen molar-refractivity contribution in [1.29, 1.82) is 0 Å². The van der Waals surface area contributed by atoms with Crippen LogP contribution in [0.2, 0.25) is 0 Å². The molecule has 1 aliphatic carbocycles. The van der Waals surface area contributed by atoms with Gasteiger partial charge in [-0.2, -0.15) is 0 Å². The molecule has 1 nitrogen and oxygen atoms in total. The average Bonchev–Trinajstić information content (AvgIpc) is 2.36. The fourth-order valence-electron chi connectivity index (χ4n) is 3.47. The molecule has 0 aliphatic heterocycles. The predicted octanol–water partition coefficient (Wildman–Crippen LogP) is 5.76. The van der Waals surface area contributed by atoms with Crippen LogP contribution in [0.1, 0.15) is 54.4 Å². The van der Waals surface area contributed by atoms with Crippen molar-refractivity contribution in [2.45, 2.75) is 54.4 Å². The van der Waals surface area contributed by atoms with Crippen LogP contribution in [0.5, 0.6) is 0 Å². The van der Waals surface area contributed by atoms with Gasteiger partial charge in [0.2, 0.25) is 0 Å². The third-order valence-electron chi connectivity index (χ3n) is 4.35. The third-order valence-corrected chi connectivity index (χ3v) is 4.35. The molecule has 0 saturated carbocycles. The summed E-state index contributed by atoms with van der Waals surface area (Å²) in [7, 11) is 0. The van der Waals surface area contributed by atoms with Crippen LogP contribution in [-0.4, -0.2) is 11.7 Å². The van der Waals surface area contributed by atoms with Crippen LogP contribution in [0.25, 0.3) is 0 Å². The molecular weight excluding hydrogens is 268 g/mol. The van der Waals surface area contributed by atoms with E-state index in [1.807, 2.05) is 19.1 Å². The molecule has 1 N–H and O–H groups in total. The zero-order valence-corrected chi connectivity index (χ0v) is 15.1. The Labute approximate surface area is 136 Å². The normalized spacial score (nSPS) is 23.9. The Bertz CT molecular complexity index is 524. The summed E-state index contributed by atoms with van der Waals surface area (Å²) < 4.78 is 0. The quantitative estimate of drug-likeness (QED) is 0.640. The van der Waals surface area contributed by atoms with Crippen LogP contribution >= 0.6 is 0 Å². The Kier molecular flexibility index (Phi) is 7.09. The van der Waals surface area contributed by atoms with Gasteiger partial charge >= 0.3 is 0 Å². The highest BCUT2D eigenvalue weighted by Gasteiger charge is 2.30. The van der Waals surface area contributed by atoms with Crippen molar-refractivity contribution in [2.24, 2.45) is 11.3 Å². The summed E-state index contributed by atoms with van der Waals surface area (Å²) in [5.41, 5.74) is 5.62. The second-order valence-electron chi connectivity index (χ2n) is 7.33.